The molecule has 0 atom stereocenters. The topological polar surface area (TPSA) is 25.8 Å². The number of alkyl halides is 2. The van der Waals surface area contributed by atoms with Crippen LogP contribution in [-0.2, 0) is 0 Å². The van der Waals surface area contributed by atoms with Crippen molar-refractivity contribution in [2.75, 3.05) is 0 Å². The van der Waals surface area contributed by atoms with E-state index >= 15 is 0 Å². The van der Waals surface area contributed by atoms with E-state index in [1.165, 1.54) is 0 Å². The Kier molecular flexibility index (Phi) is 3.63. The maximum Gasteiger partial charge on any atom is 0.314 e. The number of aromatic nitrogens is 2. The molecule has 1 aromatic heterocycles. The van der Waals surface area contributed by atoms with E-state index in [-0.39, 0.29) is 0 Å². The predicted octanol–water partition coefficient (Wildman–Crippen LogP) is 2.75. The van der Waals surface area contributed by atoms with Crippen LogP contribution >= 0.6 is 35.0 Å². The maximum absolute atomic E-state index is 12.7. The Bertz CT molecular complexity index is 300. The summed E-state index contributed by atoms with van der Waals surface area (Å²) in [4.78, 5) is 4.73. The zero-order valence-electron chi connectivity index (χ0n) is 5.77. The van der Waals surface area contributed by atoms with E-state index in [0.717, 1.165) is 0 Å². The normalized spacial score (nSPS) is 10.9. The molecule has 0 aliphatic carbocycles. The third-order valence-corrected chi connectivity index (χ3v) is 2.25. The second kappa shape index (κ2) is 4.34. The van der Waals surface area contributed by atoms with Crippen molar-refractivity contribution >= 4 is 35.0 Å². The number of hydrogen-bond acceptors (Lipinski definition) is 3. The first-order valence-corrected chi connectivity index (χ1v) is 4.59. The predicted molar refractivity (Wildman–Crippen MR) is 43.3 cm³/mol. The van der Waals surface area contributed by atoms with Crippen LogP contribution in [-0.4, -0.2) is 14.1 Å². The zero-order valence-corrected chi connectivity index (χ0v) is 8.10. The fourth-order valence-corrected chi connectivity index (χ4v) is 1.56. The van der Waals surface area contributed by atoms with Gasteiger partial charge in [0.05, 0.1) is 0 Å². The van der Waals surface area contributed by atoms with E-state index in [1.54, 1.807) is 0 Å². The van der Waals surface area contributed by atoms with Crippen LogP contribution in [0.1, 0.15) is 0 Å². The van der Waals surface area contributed by atoms with E-state index in [9.17, 15) is 13.2 Å². The molecular weight excluding hydrogens is 248 g/mol. The number of halogens is 5. The second-order valence-corrected chi connectivity index (χ2v) is 4.51. The number of nitrogens with zero attached hydrogens (tertiary/aromatic N) is 2. The highest BCUT2D eigenvalue weighted by atomic mass is 35.5. The van der Waals surface area contributed by atoms with Crippen molar-refractivity contribution in [1.82, 2.24) is 9.97 Å². The van der Waals surface area contributed by atoms with Crippen LogP contribution in [0.25, 0.3) is 0 Å². The van der Waals surface area contributed by atoms with Crippen molar-refractivity contribution in [2.45, 2.75) is 9.06 Å². The molecule has 0 fully saturated rings. The van der Waals surface area contributed by atoms with Gasteiger partial charge in [-0.05, 0) is 0 Å². The summed E-state index contributed by atoms with van der Waals surface area (Å²) >= 11 is 10.9. The van der Waals surface area contributed by atoms with Gasteiger partial charge in [0.25, 0.3) is 0 Å². The van der Waals surface area contributed by atoms with Crippen molar-refractivity contribution in [3.8, 4) is 0 Å². The van der Waals surface area contributed by atoms with Gasteiger partial charge in [0, 0.05) is 0 Å². The molecule has 0 radical (unpaired) electrons. The summed E-state index contributed by atoms with van der Waals surface area (Å²) in [6.07, 6.45) is -1.47. The van der Waals surface area contributed by atoms with E-state index in [2.05, 4.69) is 9.97 Å². The number of rotatable bonds is 2. The van der Waals surface area contributed by atoms with Gasteiger partial charge in [-0.25, -0.2) is 0 Å². The highest BCUT2D eigenvalue weighted by Gasteiger charge is 2.17. The molecule has 1 heterocycles. The van der Waals surface area contributed by atoms with Crippen molar-refractivity contribution in [3.05, 3.63) is 18.0 Å². The molecule has 0 aromatic carbocycles. The minimum absolute atomic E-state index is 0.450. The van der Waals surface area contributed by atoms with Gasteiger partial charge in [0.15, 0.2) is 4.17 Å². The summed E-state index contributed by atoms with van der Waals surface area (Å²) in [6.45, 7) is 0. The van der Waals surface area contributed by atoms with Crippen molar-refractivity contribution in [2.24, 2.45) is 0 Å². The van der Waals surface area contributed by atoms with Crippen LogP contribution < -0.4 is 0 Å². The molecule has 8 heteroatoms. The molecule has 1 aromatic rings. The third-order valence-electron chi connectivity index (χ3n) is 0.963. The van der Waals surface area contributed by atoms with Gasteiger partial charge in [-0.3, -0.25) is 0 Å². The maximum atomic E-state index is 12.7. The minimum atomic E-state index is -1.47. The van der Waals surface area contributed by atoms with Gasteiger partial charge in [-0.2, -0.15) is 23.1 Å². The van der Waals surface area contributed by atoms with E-state index in [4.69, 9.17) is 23.2 Å². The molecule has 0 N–H and O–H groups in total. The smallest absolute Gasteiger partial charge is 0.183 e. The lowest BCUT2D eigenvalue weighted by molar-refractivity contribution is 0.412. The van der Waals surface area contributed by atoms with E-state index in [1.807, 2.05) is 0 Å². The lowest BCUT2D eigenvalue weighted by atomic mass is 10.6. The Balaban J connectivity index is 3.06. The summed E-state index contributed by atoms with van der Waals surface area (Å²) in [5, 5.41) is 0. The van der Waals surface area contributed by atoms with Gasteiger partial charge >= 0.3 is 6.08 Å². The lowest BCUT2D eigenvalue weighted by Crippen LogP contribution is -2.01. The molecular formula is C5HCl2F3N2S. The largest absolute Gasteiger partial charge is 0.314 e. The summed E-state index contributed by atoms with van der Waals surface area (Å²) in [7, 11) is 0. The standard InChI is InChI=1S/C5HCl2F3N2S/c6-4(7)13-1-2(8)11-5(10)12-3(1)9/h4H. The van der Waals surface area contributed by atoms with Crippen LogP contribution in [0.4, 0.5) is 13.2 Å². The fourth-order valence-electron chi connectivity index (χ4n) is 0.560. The number of thioether (sulfide) groups is 1. The van der Waals surface area contributed by atoms with Crippen LogP contribution in [0, 0.1) is 18.0 Å². The monoisotopic (exact) mass is 248 g/mol. The summed E-state index contributed by atoms with van der Waals surface area (Å²) in [5.41, 5.74) is 0. The molecule has 1 rings (SSSR count). The van der Waals surface area contributed by atoms with Crippen molar-refractivity contribution < 1.29 is 13.2 Å². The molecule has 72 valence electrons. The minimum Gasteiger partial charge on any atom is -0.183 e. The molecule has 0 saturated carbocycles. The Morgan fingerprint density at radius 3 is 1.92 bits per heavy atom. The zero-order chi connectivity index (χ0) is 10.0. The van der Waals surface area contributed by atoms with Crippen LogP contribution in [0.2, 0.25) is 0 Å². The van der Waals surface area contributed by atoms with Gasteiger partial charge in [0.1, 0.15) is 4.90 Å². The summed E-state index contributed by atoms with van der Waals surface area (Å²) < 4.78 is 36.5. The van der Waals surface area contributed by atoms with Gasteiger partial charge in [0.2, 0.25) is 11.9 Å². The molecule has 0 saturated heterocycles. The van der Waals surface area contributed by atoms with Crippen LogP contribution in [0.15, 0.2) is 4.90 Å². The summed E-state index contributed by atoms with van der Waals surface area (Å²) in [5.74, 6) is -2.64. The average Bonchev–Trinajstić information content (AvgIpc) is 1.96. The van der Waals surface area contributed by atoms with Gasteiger partial charge in [-0.1, -0.05) is 35.0 Å². The van der Waals surface area contributed by atoms with E-state index < -0.39 is 27.0 Å². The van der Waals surface area contributed by atoms with Crippen LogP contribution in [0.5, 0.6) is 0 Å². The molecule has 0 aliphatic rings. The van der Waals surface area contributed by atoms with Crippen molar-refractivity contribution in [3.63, 3.8) is 0 Å². The van der Waals surface area contributed by atoms with Gasteiger partial charge < -0.3 is 0 Å². The first kappa shape index (κ1) is 10.9. The summed E-state index contributed by atoms with van der Waals surface area (Å²) in [6, 6.07) is 0. The Labute approximate surface area is 85.5 Å². The van der Waals surface area contributed by atoms with Crippen LogP contribution in [0.3, 0.4) is 0 Å². The van der Waals surface area contributed by atoms with E-state index in [0.29, 0.717) is 11.8 Å². The third kappa shape index (κ3) is 2.89. The highest BCUT2D eigenvalue weighted by Crippen LogP contribution is 2.31. The quantitative estimate of drug-likeness (QED) is 0.349. The van der Waals surface area contributed by atoms with Crippen molar-refractivity contribution in [1.29, 1.82) is 0 Å². The molecule has 0 bridgehead atoms. The molecule has 0 amide bonds. The Hall–Kier alpha value is -0.200. The first-order chi connectivity index (χ1) is 6.00. The Morgan fingerprint density at radius 2 is 1.54 bits per heavy atom. The molecule has 0 unspecified atom stereocenters. The Morgan fingerprint density at radius 1 is 1.08 bits per heavy atom. The first-order valence-electron chi connectivity index (χ1n) is 2.84. The van der Waals surface area contributed by atoms with Gasteiger partial charge in [-0.15, -0.1) is 0 Å². The lowest BCUT2D eigenvalue weighted by Gasteiger charge is -2.02. The molecule has 13 heavy (non-hydrogen) atoms. The average molecular weight is 249 g/mol. The molecule has 0 aliphatic heterocycles. The fraction of sp³-hybridized carbons (Fsp3) is 0.200. The highest BCUT2D eigenvalue weighted by molar-refractivity contribution is 8.02. The second-order valence-electron chi connectivity index (χ2n) is 1.78. The molecule has 0 spiro atoms. The number of hydrogen-bond donors (Lipinski definition) is 0. The SMILES string of the molecule is Fc1nc(F)c(SC(Cl)Cl)c(F)n1. The molecule has 2 nitrogen and oxygen atoms in total.